The van der Waals surface area contributed by atoms with Gasteiger partial charge in [-0.1, -0.05) is 6.07 Å². The molecule has 2 aliphatic heterocycles. The minimum absolute atomic E-state index is 0.0231. The molecule has 1 amide bonds. The molecule has 0 radical (unpaired) electrons. The molecule has 0 aromatic heterocycles. The lowest BCUT2D eigenvalue weighted by molar-refractivity contribution is -0.141. The van der Waals surface area contributed by atoms with Gasteiger partial charge in [-0.2, -0.15) is 0 Å². The van der Waals surface area contributed by atoms with Crippen LogP contribution >= 0.6 is 0 Å². The van der Waals surface area contributed by atoms with E-state index in [-0.39, 0.29) is 17.7 Å². The van der Waals surface area contributed by atoms with Crippen LogP contribution in [-0.4, -0.2) is 48.2 Å². The summed E-state index contributed by atoms with van der Waals surface area (Å²) in [4.78, 5) is 25.2. The number of rotatable bonds is 3. The number of fused-ring (bicyclic) bond motifs is 1. The number of likely N-dealkylation sites (tertiary alicyclic amines) is 1. The van der Waals surface area contributed by atoms with E-state index in [0.717, 1.165) is 23.5 Å². The smallest absolute Gasteiger partial charge is 0.308 e. The van der Waals surface area contributed by atoms with E-state index in [9.17, 15) is 9.59 Å². The summed E-state index contributed by atoms with van der Waals surface area (Å²) in [5, 5.41) is 9.05. The summed E-state index contributed by atoms with van der Waals surface area (Å²) in [6.07, 6.45) is 1.38. The van der Waals surface area contributed by atoms with E-state index in [2.05, 4.69) is 0 Å². The Morgan fingerprint density at radius 1 is 1.17 bits per heavy atom. The quantitative estimate of drug-likeness (QED) is 0.914. The maximum absolute atomic E-state index is 12.5. The lowest BCUT2D eigenvalue weighted by Gasteiger charge is -2.19. The zero-order valence-electron chi connectivity index (χ0n) is 12.7. The lowest BCUT2D eigenvalue weighted by Crippen LogP contribution is -2.31. The molecule has 122 valence electrons. The van der Waals surface area contributed by atoms with Crippen molar-refractivity contribution in [3.63, 3.8) is 0 Å². The van der Waals surface area contributed by atoms with Crippen LogP contribution in [0.1, 0.15) is 24.3 Å². The van der Waals surface area contributed by atoms with Crippen LogP contribution in [-0.2, 0) is 9.59 Å². The third-order valence-electron chi connectivity index (χ3n) is 4.95. The van der Waals surface area contributed by atoms with Gasteiger partial charge in [0.2, 0.25) is 5.91 Å². The number of nitrogens with zero attached hydrogens (tertiary/aromatic N) is 1. The fourth-order valence-corrected chi connectivity index (χ4v) is 3.52. The number of amides is 1. The van der Waals surface area contributed by atoms with E-state index < -0.39 is 11.9 Å². The van der Waals surface area contributed by atoms with Crippen LogP contribution in [0.4, 0.5) is 0 Å². The van der Waals surface area contributed by atoms with Crippen molar-refractivity contribution in [3.8, 4) is 11.5 Å². The van der Waals surface area contributed by atoms with E-state index in [4.69, 9.17) is 14.6 Å². The molecule has 1 aromatic carbocycles. The monoisotopic (exact) mass is 317 g/mol. The Bertz CT molecular complexity index is 658. The highest BCUT2D eigenvalue weighted by Crippen LogP contribution is 2.50. The zero-order chi connectivity index (χ0) is 16.0. The minimum atomic E-state index is -0.806. The van der Waals surface area contributed by atoms with Crippen molar-refractivity contribution < 1.29 is 24.2 Å². The standard InChI is InChI=1S/C17H19NO5/c19-16(18-4-3-11(9-18)17(20)21)13-8-12(13)10-1-2-14-15(7-10)23-6-5-22-14/h1-2,7,11-13H,3-6,8-9H2,(H,20,21). The first-order valence-electron chi connectivity index (χ1n) is 8.04. The normalized spacial score (nSPS) is 28.5. The molecule has 4 rings (SSSR count). The van der Waals surface area contributed by atoms with Crippen molar-refractivity contribution in [2.24, 2.45) is 11.8 Å². The summed E-state index contributed by atoms with van der Waals surface area (Å²) in [5.74, 6) is 0.567. The number of carboxylic acid groups (broad SMARTS) is 1. The van der Waals surface area contributed by atoms with Crippen LogP contribution < -0.4 is 9.47 Å². The maximum atomic E-state index is 12.5. The number of hydrogen-bond donors (Lipinski definition) is 1. The second kappa shape index (κ2) is 5.44. The largest absolute Gasteiger partial charge is 0.486 e. The van der Waals surface area contributed by atoms with Gasteiger partial charge < -0.3 is 19.5 Å². The van der Waals surface area contributed by atoms with E-state index in [1.54, 1.807) is 4.90 Å². The van der Waals surface area contributed by atoms with Crippen LogP contribution in [0, 0.1) is 11.8 Å². The van der Waals surface area contributed by atoms with Gasteiger partial charge in [0.1, 0.15) is 13.2 Å². The van der Waals surface area contributed by atoms with Gasteiger partial charge >= 0.3 is 5.97 Å². The molecule has 2 fully saturated rings. The molecule has 3 atom stereocenters. The van der Waals surface area contributed by atoms with E-state index in [0.29, 0.717) is 32.7 Å². The number of carbonyl (C=O) groups excluding carboxylic acids is 1. The molecule has 23 heavy (non-hydrogen) atoms. The second-order valence-electron chi connectivity index (χ2n) is 6.46. The molecule has 0 bridgehead atoms. The molecular weight excluding hydrogens is 298 g/mol. The molecule has 1 N–H and O–H groups in total. The lowest BCUT2D eigenvalue weighted by atomic mass is 10.1. The molecule has 1 saturated heterocycles. The Kier molecular flexibility index (Phi) is 3.39. The van der Waals surface area contributed by atoms with E-state index in [1.807, 2.05) is 18.2 Å². The molecule has 6 nitrogen and oxygen atoms in total. The molecule has 3 unspecified atom stereocenters. The average Bonchev–Trinajstić information content (AvgIpc) is 3.21. The first-order chi connectivity index (χ1) is 11.1. The molecule has 3 aliphatic rings. The fraction of sp³-hybridized carbons (Fsp3) is 0.529. The van der Waals surface area contributed by atoms with Crippen molar-refractivity contribution in [1.82, 2.24) is 4.90 Å². The molecule has 2 heterocycles. The molecule has 1 aromatic rings. The summed E-state index contributed by atoms with van der Waals surface area (Å²) >= 11 is 0. The van der Waals surface area contributed by atoms with Gasteiger partial charge in [0.25, 0.3) is 0 Å². The third kappa shape index (κ3) is 2.62. The van der Waals surface area contributed by atoms with Crippen LogP contribution in [0.2, 0.25) is 0 Å². The van der Waals surface area contributed by atoms with Gasteiger partial charge in [-0.05, 0) is 36.5 Å². The van der Waals surface area contributed by atoms with Crippen molar-refractivity contribution in [3.05, 3.63) is 23.8 Å². The fourth-order valence-electron chi connectivity index (χ4n) is 3.52. The first-order valence-corrected chi connectivity index (χ1v) is 8.04. The van der Waals surface area contributed by atoms with E-state index >= 15 is 0 Å². The molecule has 1 saturated carbocycles. The highest BCUT2D eigenvalue weighted by Gasteiger charge is 2.47. The van der Waals surface area contributed by atoms with Crippen LogP contribution in [0.15, 0.2) is 18.2 Å². The number of aliphatic carboxylic acids is 1. The van der Waals surface area contributed by atoms with Crippen molar-refractivity contribution >= 4 is 11.9 Å². The number of hydrogen-bond acceptors (Lipinski definition) is 4. The summed E-state index contributed by atoms with van der Waals surface area (Å²) in [6.45, 7) is 2.02. The number of ether oxygens (including phenoxy) is 2. The molecule has 0 spiro atoms. The molecule has 6 heteroatoms. The summed E-state index contributed by atoms with van der Waals surface area (Å²) in [7, 11) is 0. The predicted molar refractivity (Wildman–Crippen MR) is 80.6 cm³/mol. The summed E-state index contributed by atoms with van der Waals surface area (Å²) < 4.78 is 11.1. The predicted octanol–water partition coefficient (Wildman–Crippen LogP) is 1.49. The van der Waals surface area contributed by atoms with Crippen LogP contribution in [0.25, 0.3) is 0 Å². The van der Waals surface area contributed by atoms with E-state index in [1.165, 1.54) is 0 Å². The van der Waals surface area contributed by atoms with Crippen molar-refractivity contribution in [2.75, 3.05) is 26.3 Å². The topological polar surface area (TPSA) is 76.1 Å². The highest BCUT2D eigenvalue weighted by molar-refractivity contribution is 5.84. The van der Waals surface area contributed by atoms with Gasteiger partial charge in [-0.3, -0.25) is 9.59 Å². The Labute approximate surface area is 134 Å². The van der Waals surface area contributed by atoms with Gasteiger partial charge in [0, 0.05) is 19.0 Å². The molecule has 1 aliphatic carbocycles. The third-order valence-corrected chi connectivity index (χ3v) is 4.95. The van der Waals surface area contributed by atoms with Crippen molar-refractivity contribution in [1.29, 1.82) is 0 Å². The highest BCUT2D eigenvalue weighted by atomic mass is 16.6. The second-order valence-corrected chi connectivity index (χ2v) is 6.46. The average molecular weight is 317 g/mol. The maximum Gasteiger partial charge on any atom is 0.308 e. The number of carbonyl (C=O) groups is 2. The Morgan fingerprint density at radius 3 is 2.70 bits per heavy atom. The minimum Gasteiger partial charge on any atom is -0.486 e. The zero-order valence-corrected chi connectivity index (χ0v) is 12.7. The van der Waals surface area contributed by atoms with Crippen LogP contribution in [0.3, 0.4) is 0 Å². The number of carboxylic acids is 1. The molecular formula is C17H19NO5. The van der Waals surface area contributed by atoms with Crippen LogP contribution in [0.5, 0.6) is 11.5 Å². The Hall–Kier alpha value is -2.24. The first kappa shape index (κ1) is 14.4. The van der Waals surface area contributed by atoms with Gasteiger partial charge in [0.15, 0.2) is 11.5 Å². The summed E-state index contributed by atoms with van der Waals surface area (Å²) in [6, 6.07) is 5.87. The Balaban J connectivity index is 1.42. The van der Waals surface area contributed by atoms with Gasteiger partial charge in [-0.25, -0.2) is 0 Å². The van der Waals surface area contributed by atoms with Gasteiger partial charge in [-0.15, -0.1) is 0 Å². The number of benzene rings is 1. The summed E-state index contributed by atoms with van der Waals surface area (Å²) in [5.41, 5.74) is 1.10. The Morgan fingerprint density at radius 2 is 1.96 bits per heavy atom. The van der Waals surface area contributed by atoms with Gasteiger partial charge in [0.05, 0.1) is 5.92 Å². The SMILES string of the molecule is O=C(O)C1CCN(C(=O)C2CC2c2ccc3c(c2)OCCO3)C1. The van der Waals surface area contributed by atoms with Crippen molar-refractivity contribution in [2.45, 2.75) is 18.8 Å².